The molecule has 1 aliphatic heterocycles. The summed E-state index contributed by atoms with van der Waals surface area (Å²) in [5.74, 6) is -1.55. The number of para-hydroxylation sites is 1. The van der Waals surface area contributed by atoms with Crippen LogP contribution in [0.3, 0.4) is 0 Å². The number of anilines is 2. The Morgan fingerprint density at radius 3 is 2.76 bits per heavy atom. The minimum atomic E-state index is -1.05. The number of benzene rings is 3. The zero-order valence-corrected chi connectivity index (χ0v) is 18.0. The van der Waals surface area contributed by atoms with Gasteiger partial charge < -0.3 is 21.1 Å². The summed E-state index contributed by atoms with van der Waals surface area (Å²) in [5.41, 5.74) is 4.48. The molecule has 0 bridgehead atoms. The molecule has 1 heterocycles. The average molecular weight is 445 g/mol. The van der Waals surface area contributed by atoms with E-state index in [0.717, 1.165) is 22.5 Å². The van der Waals surface area contributed by atoms with Gasteiger partial charge in [-0.3, -0.25) is 4.79 Å². The average Bonchev–Trinajstić information content (AvgIpc) is 2.83. The smallest absolute Gasteiger partial charge is 0.307 e. The Morgan fingerprint density at radius 2 is 2.00 bits per heavy atom. The van der Waals surface area contributed by atoms with Crippen molar-refractivity contribution in [3.8, 4) is 6.07 Å². The van der Waals surface area contributed by atoms with Crippen LogP contribution in [0.4, 0.5) is 15.8 Å². The number of rotatable bonds is 8. The Kier molecular flexibility index (Phi) is 6.86. The molecule has 2 atom stereocenters. The first kappa shape index (κ1) is 22.3. The Morgan fingerprint density at radius 1 is 1.18 bits per heavy atom. The first-order valence-electron chi connectivity index (χ1n) is 10.9. The van der Waals surface area contributed by atoms with Crippen LogP contribution < -0.4 is 16.0 Å². The lowest BCUT2D eigenvalue weighted by Gasteiger charge is -2.35. The van der Waals surface area contributed by atoms with Crippen LogP contribution in [0.15, 0.2) is 66.7 Å². The van der Waals surface area contributed by atoms with E-state index in [1.54, 1.807) is 18.2 Å². The standard InChI is InChI=1S/C26H25FN4O2/c27-21-10-9-17(13-20(21)14-24(32)33)11-12-29-25(18-5-2-1-3-6-18)23-16-30-22-8-4-7-19(15-28)26(22)31-23/h1-10,13,23,25,29-31H,11-12,14,16H2,(H,32,33)/t23-,25-/m1/s1. The van der Waals surface area contributed by atoms with E-state index in [1.165, 1.54) is 6.07 Å². The van der Waals surface area contributed by atoms with Crippen LogP contribution in [0.2, 0.25) is 0 Å². The predicted molar refractivity (Wildman–Crippen MR) is 126 cm³/mol. The zero-order valence-electron chi connectivity index (χ0n) is 18.0. The highest BCUT2D eigenvalue weighted by atomic mass is 19.1. The van der Waals surface area contributed by atoms with E-state index in [2.05, 4.69) is 34.2 Å². The number of hydrogen-bond acceptors (Lipinski definition) is 5. The Bertz CT molecular complexity index is 1180. The lowest BCUT2D eigenvalue weighted by atomic mass is 9.95. The number of halogens is 1. The number of aliphatic carboxylic acids is 1. The molecule has 3 aromatic rings. The number of nitriles is 1. The molecule has 0 unspecified atom stereocenters. The van der Waals surface area contributed by atoms with E-state index in [4.69, 9.17) is 5.11 Å². The number of nitrogens with one attached hydrogen (secondary N) is 3. The van der Waals surface area contributed by atoms with Crippen molar-refractivity contribution in [2.75, 3.05) is 23.7 Å². The SMILES string of the molecule is N#Cc1cccc2c1N[C@@H]([C@H](NCCc1ccc(F)c(CC(=O)O)c1)c1ccccc1)CN2. The van der Waals surface area contributed by atoms with Crippen LogP contribution in [-0.2, 0) is 17.6 Å². The molecule has 3 aromatic carbocycles. The number of carbonyl (C=O) groups is 1. The molecule has 0 spiro atoms. The second-order valence-electron chi connectivity index (χ2n) is 8.06. The van der Waals surface area contributed by atoms with E-state index >= 15 is 0 Å². The van der Waals surface area contributed by atoms with Crippen molar-refractivity contribution in [1.29, 1.82) is 5.26 Å². The first-order valence-corrected chi connectivity index (χ1v) is 10.9. The first-order chi connectivity index (χ1) is 16.0. The number of nitrogens with zero attached hydrogens (tertiary/aromatic N) is 1. The quantitative estimate of drug-likeness (QED) is 0.418. The fourth-order valence-electron chi connectivity index (χ4n) is 4.21. The van der Waals surface area contributed by atoms with E-state index in [-0.39, 0.29) is 24.1 Å². The monoisotopic (exact) mass is 444 g/mol. The van der Waals surface area contributed by atoms with Crippen LogP contribution in [-0.4, -0.2) is 30.2 Å². The predicted octanol–water partition coefficient (Wildman–Crippen LogP) is 4.10. The van der Waals surface area contributed by atoms with E-state index in [1.807, 2.05) is 30.3 Å². The maximum absolute atomic E-state index is 13.9. The van der Waals surface area contributed by atoms with Gasteiger partial charge in [-0.1, -0.05) is 48.5 Å². The van der Waals surface area contributed by atoms with Crippen molar-refractivity contribution >= 4 is 17.3 Å². The molecule has 0 saturated carbocycles. The minimum absolute atomic E-state index is 0.00908. The summed E-state index contributed by atoms with van der Waals surface area (Å²) in [5, 5.41) is 29.1. The van der Waals surface area contributed by atoms with Gasteiger partial charge in [-0.25, -0.2) is 4.39 Å². The lowest BCUT2D eigenvalue weighted by molar-refractivity contribution is -0.136. The third kappa shape index (κ3) is 5.30. The molecule has 1 aliphatic rings. The van der Waals surface area contributed by atoms with Gasteiger partial charge in [0.15, 0.2) is 0 Å². The molecular formula is C26H25FN4O2. The van der Waals surface area contributed by atoms with Gasteiger partial charge in [0.25, 0.3) is 0 Å². The minimum Gasteiger partial charge on any atom is -0.481 e. The number of carboxylic acids is 1. The van der Waals surface area contributed by atoms with Gasteiger partial charge in [0.1, 0.15) is 11.9 Å². The summed E-state index contributed by atoms with van der Waals surface area (Å²) in [6, 6.07) is 22.5. The van der Waals surface area contributed by atoms with Crippen molar-refractivity contribution in [3.63, 3.8) is 0 Å². The highest BCUT2D eigenvalue weighted by Gasteiger charge is 2.27. The molecule has 168 valence electrons. The van der Waals surface area contributed by atoms with Crippen LogP contribution in [0.1, 0.15) is 28.3 Å². The molecule has 7 heteroatoms. The summed E-state index contributed by atoms with van der Waals surface area (Å²) >= 11 is 0. The lowest BCUT2D eigenvalue weighted by Crippen LogP contribution is -2.44. The normalized spacial score (nSPS) is 15.5. The van der Waals surface area contributed by atoms with Crippen LogP contribution in [0.5, 0.6) is 0 Å². The van der Waals surface area contributed by atoms with Crippen molar-refractivity contribution in [2.45, 2.75) is 24.9 Å². The third-order valence-corrected chi connectivity index (χ3v) is 5.82. The van der Waals surface area contributed by atoms with Gasteiger partial charge in [-0.05, 0) is 47.9 Å². The maximum atomic E-state index is 13.9. The van der Waals surface area contributed by atoms with Crippen molar-refractivity contribution in [3.05, 3.63) is 94.8 Å². The van der Waals surface area contributed by atoms with Gasteiger partial charge in [0, 0.05) is 6.54 Å². The molecule has 0 fully saturated rings. The summed E-state index contributed by atoms with van der Waals surface area (Å²) in [6.45, 7) is 1.29. The summed E-state index contributed by atoms with van der Waals surface area (Å²) < 4.78 is 13.9. The summed E-state index contributed by atoms with van der Waals surface area (Å²) in [7, 11) is 0. The van der Waals surface area contributed by atoms with Crippen molar-refractivity contribution in [1.82, 2.24) is 5.32 Å². The van der Waals surface area contributed by atoms with Crippen molar-refractivity contribution in [2.24, 2.45) is 0 Å². The maximum Gasteiger partial charge on any atom is 0.307 e. The van der Waals surface area contributed by atoms with Gasteiger partial charge in [-0.15, -0.1) is 0 Å². The largest absolute Gasteiger partial charge is 0.481 e. The Labute approximate surface area is 192 Å². The number of carboxylic acid groups (broad SMARTS) is 1. The summed E-state index contributed by atoms with van der Waals surface area (Å²) in [6.07, 6.45) is 0.286. The van der Waals surface area contributed by atoms with E-state index in [0.29, 0.717) is 25.1 Å². The second-order valence-corrected chi connectivity index (χ2v) is 8.06. The zero-order chi connectivity index (χ0) is 23.2. The van der Waals surface area contributed by atoms with E-state index < -0.39 is 11.8 Å². The molecule has 0 amide bonds. The van der Waals surface area contributed by atoms with Gasteiger partial charge in [-0.2, -0.15) is 5.26 Å². The topological polar surface area (TPSA) is 97.2 Å². The van der Waals surface area contributed by atoms with Gasteiger partial charge in [0.05, 0.1) is 35.4 Å². The number of fused-ring (bicyclic) bond motifs is 1. The molecule has 0 aliphatic carbocycles. The molecule has 6 nitrogen and oxygen atoms in total. The molecule has 4 rings (SSSR count). The van der Waals surface area contributed by atoms with Crippen LogP contribution in [0, 0.1) is 17.1 Å². The van der Waals surface area contributed by atoms with E-state index in [9.17, 15) is 14.4 Å². The molecule has 0 saturated heterocycles. The Balaban J connectivity index is 1.50. The molecule has 4 N–H and O–H groups in total. The Hall–Kier alpha value is -3.89. The second kappa shape index (κ2) is 10.2. The third-order valence-electron chi connectivity index (χ3n) is 5.82. The fourth-order valence-corrected chi connectivity index (χ4v) is 4.21. The molecule has 0 radical (unpaired) electrons. The van der Waals surface area contributed by atoms with Gasteiger partial charge in [0.2, 0.25) is 0 Å². The van der Waals surface area contributed by atoms with Crippen LogP contribution in [0.25, 0.3) is 0 Å². The molecular weight excluding hydrogens is 419 g/mol. The highest BCUT2D eigenvalue weighted by molar-refractivity contribution is 5.77. The summed E-state index contributed by atoms with van der Waals surface area (Å²) in [4.78, 5) is 11.0. The fraction of sp³-hybridized carbons (Fsp3) is 0.231. The van der Waals surface area contributed by atoms with Gasteiger partial charge >= 0.3 is 5.97 Å². The van der Waals surface area contributed by atoms with Crippen molar-refractivity contribution < 1.29 is 14.3 Å². The highest BCUT2D eigenvalue weighted by Crippen LogP contribution is 2.33. The molecule has 33 heavy (non-hydrogen) atoms. The molecule has 0 aromatic heterocycles. The van der Waals surface area contributed by atoms with Crippen LogP contribution >= 0.6 is 0 Å². The number of hydrogen-bond donors (Lipinski definition) is 4.